The van der Waals surface area contributed by atoms with E-state index in [0.717, 1.165) is 50.7 Å². The molecule has 0 bridgehead atoms. The number of furan rings is 1. The summed E-state index contributed by atoms with van der Waals surface area (Å²) in [5.74, 6) is 1.62. The molecule has 4 atom stereocenters. The van der Waals surface area contributed by atoms with E-state index in [-0.39, 0.29) is 16.8 Å². The lowest BCUT2D eigenvalue weighted by Gasteiger charge is -2.57. The van der Waals surface area contributed by atoms with E-state index in [1.54, 1.807) is 6.26 Å². The molecule has 0 aliphatic heterocycles. The third-order valence-electron chi connectivity index (χ3n) is 7.40. The third-order valence-corrected chi connectivity index (χ3v) is 7.40. The van der Waals surface area contributed by atoms with E-state index < -0.39 is 0 Å². The Morgan fingerprint density at radius 3 is 2.88 bits per heavy atom. The third kappa shape index (κ3) is 3.02. The molecule has 0 aromatic carbocycles. The zero-order valence-electron chi connectivity index (χ0n) is 16.5. The molecule has 144 valence electrons. The van der Waals surface area contributed by atoms with Gasteiger partial charge in [0.25, 0.3) is 0 Å². The highest BCUT2D eigenvalue weighted by Crippen LogP contribution is 2.62. The number of nitrogens with two attached hydrogens (primary N) is 1. The Balaban J connectivity index is 1.85. The number of allylic oxidation sites excluding steroid dienone is 1. The van der Waals surface area contributed by atoms with Crippen molar-refractivity contribution < 1.29 is 13.9 Å². The van der Waals surface area contributed by atoms with Gasteiger partial charge in [0.05, 0.1) is 25.3 Å². The molecule has 0 amide bonds. The maximum Gasteiger partial charge on any atom is 0.311 e. The van der Waals surface area contributed by atoms with E-state index in [0.29, 0.717) is 18.4 Å². The van der Waals surface area contributed by atoms with Crippen LogP contribution in [0.15, 0.2) is 28.9 Å². The average Bonchev–Trinajstić information content (AvgIpc) is 3.07. The number of carbonyl (C=O) groups is 1. The van der Waals surface area contributed by atoms with Gasteiger partial charge in [-0.3, -0.25) is 4.79 Å². The van der Waals surface area contributed by atoms with Gasteiger partial charge in [-0.05, 0) is 74.3 Å². The fraction of sp³-hybridized carbons (Fsp3) is 0.682. The van der Waals surface area contributed by atoms with E-state index in [1.807, 2.05) is 6.07 Å². The smallest absolute Gasteiger partial charge is 0.311 e. The first-order valence-electron chi connectivity index (χ1n) is 9.88. The topological polar surface area (TPSA) is 65.5 Å². The van der Waals surface area contributed by atoms with Gasteiger partial charge in [0.1, 0.15) is 5.76 Å². The molecule has 2 saturated carbocycles. The number of esters is 1. The first-order chi connectivity index (χ1) is 12.4. The molecule has 2 aliphatic rings. The Morgan fingerprint density at radius 2 is 2.19 bits per heavy atom. The number of hydrogen-bond acceptors (Lipinski definition) is 4. The summed E-state index contributed by atoms with van der Waals surface area (Å²) in [6.07, 6.45) is 8.92. The zero-order chi connectivity index (χ0) is 18.9. The van der Waals surface area contributed by atoms with Crippen LogP contribution in [0.25, 0.3) is 0 Å². The van der Waals surface area contributed by atoms with Crippen molar-refractivity contribution in [3.05, 3.63) is 35.8 Å². The second-order valence-electron chi connectivity index (χ2n) is 8.68. The summed E-state index contributed by atoms with van der Waals surface area (Å²) >= 11 is 0. The number of carbonyl (C=O) groups excluding carboxylic acids is 1. The van der Waals surface area contributed by atoms with Gasteiger partial charge in [0.15, 0.2) is 0 Å². The highest BCUT2D eigenvalue weighted by molar-refractivity contribution is 5.77. The summed E-state index contributed by atoms with van der Waals surface area (Å²) in [5.41, 5.74) is 8.06. The number of rotatable bonds is 5. The highest BCUT2D eigenvalue weighted by Gasteiger charge is 2.57. The second kappa shape index (κ2) is 7.22. The van der Waals surface area contributed by atoms with Gasteiger partial charge in [0.2, 0.25) is 0 Å². The average molecular weight is 360 g/mol. The highest BCUT2D eigenvalue weighted by atomic mass is 16.5. The molecular formula is C22H33NO3. The lowest BCUT2D eigenvalue weighted by Crippen LogP contribution is -2.53. The molecule has 3 rings (SSSR count). The minimum atomic E-state index is -0.376. The van der Waals surface area contributed by atoms with Crippen LogP contribution in [0.3, 0.4) is 0 Å². The van der Waals surface area contributed by atoms with E-state index in [2.05, 4.69) is 20.4 Å². The van der Waals surface area contributed by atoms with Crippen molar-refractivity contribution in [2.24, 2.45) is 28.4 Å². The second-order valence-corrected chi connectivity index (χ2v) is 8.68. The molecule has 1 aromatic heterocycles. The van der Waals surface area contributed by atoms with Gasteiger partial charge in [0, 0.05) is 0 Å². The van der Waals surface area contributed by atoms with Crippen molar-refractivity contribution in [1.82, 2.24) is 0 Å². The molecule has 2 fully saturated rings. The predicted molar refractivity (Wildman–Crippen MR) is 102 cm³/mol. The van der Waals surface area contributed by atoms with Crippen LogP contribution >= 0.6 is 0 Å². The fourth-order valence-corrected chi connectivity index (χ4v) is 6.03. The molecule has 0 radical (unpaired) electrons. The molecular weight excluding hydrogens is 326 g/mol. The van der Waals surface area contributed by atoms with Crippen LogP contribution in [0, 0.1) is 22.7 Å². The van der Waals surface area contributed by atoms with E-state index >= 15 is 0 Å². The van der Waals surface area contributed by atoms with Gasteiger partial charge in [-0.25, -0.2) is 0 Å². The van der Waals surface area contributed by atoms with Crippen molar-refractivity contribution in [2.45, 2.75) is 65.3 Å². The summed E-state index contributed by atoms with van der Waals surface area (Å²) < 4.78 is 10.7. The molecule has 4 heteroatoms. The first-order valence-corrected chi connectivity index (χ1v) is 9.88. The molecule has 4 nitrogen and oxygen atoms in total. The Hall–Kier alpha value is -1.55. The Morgan fingerprint density at radius 1 is 1.42 bits per heavy atom. The molecule has 1 heterocycles. The normalized spacial score (nSPS) is 34.4. The van der Waals surface area contributed by atoms with Crippen molar-refractivity contribution in [2.75, 3.05) is 7.11 Å². The minimum Gasteiger partial charge on any atom is -0.469 e. The number of hydrogen-bond donors (Lipinski definition) is 1. The lowest BCUT2D eigenvalue weighted by molar-refractivity contribution is -0.168. The van der Waals surface area contributed by atoms with Gasteiger partial charge in [-0.1, -0.05) is 25.5 Å². The van der Waals surface area contributed by atoms with Crippen LogP contribution in [-0.2, 0) is 22.5 Å². The van der Waals surface area contributed by atoms with Crippen LogP contribution in [0.1, 0.15) is 63.7 Å². The van der Waals surface area contributed by atoms with Crippen LogP contribution in [-0.4, -0.2) is 13.1 Å². The van der Waals surface area contributed by atoms with E-state index in [9.17, 15) is 4.79 Å². The number of ether oxygens (including phenoxy) is 1. The van der Waals surface area contributed by atoms with Crippen molar-refractivity contribution >= 4 is 5.97 Å². The summed E-state index contributed by atoms with van der Waals surface area (Å²) in [6, 6.07) is 2.03. The Kier molecular flexibility index (Phi) is 5.34. The molecule has 0 spiro atoms. The number of fused-ring (bicyclic) bond motifs is 1. The Bertz CT molecular complexity index is 679. The zero-order valence-corrected chi connectivity index (χ0v) is 16.5. The maximum atomic E-state index is 12.6. The molecule has 1 aromatic rings. The van der Waals surface area contributed by atoms with Crippen molar-refractivity contribution in [3.8, 4) is 0 Å². The van der Waals surface area contributed by atoms with Crippen LogP contribution in [0.4, 0.5) is 0 Å². The van der Waals surface area contributed by atoms with E-state index in [4.69, 9.17) is 14.9 Å². The van der Waals surface area contributed by atoms with Gasteiger partial charge < -0.3 is 14.9 Å². The standard InChI is InChI=1S/C22H33NO3/c1-15-6-9-19-21(2,11-5-12-22(19,3)20(24)25-4)17(15)8-7-16-10-13-26-18(16)14-23/h10,13,17,19H,1,5-9,11-12,14,23H2,2-4H3/t17-,19+,21-,22+/m0/s1. The van der Waals surface area contributed by atoms with Crippen molar-refractivity contribution in [1.29, 1.82) is 0 Å². The summed E-state index contributed by atoms with van der Waals surface area (Å²) in [6.45, 7) is 9.36. The molecule has 0 saturated heterocycles. The fourth-order valence-electron chi connectivity index (χ4n) is 6.03. The van der Waals surface area contributed by atoms with Crippen molar-refractivity contribution in [3.63, 3.8) is 0 Å². The van der Waals surface area contributed by atoms with Crippen LogP contribution in [0.2, 0.25) is 0 Å². The molecule has 2 N–H and O–H groups in total. The van der Waals surface area contributed by atoms with Gasteiger partial charge >= 0.3 is 5.97 Å². The van der Waals surface area contributed by atoms with Crippen LogP contribution in [0.5, 0.6) is 0 Å². The van der Waals surface area contributed by atoms with Crippen LogP contribution < -0.4 is 5.73 Å². The summed E-state index contributed by atoms with van der Waals surface area (Å²) in [5, 5.41) is 0. The first kappa shape index (κ1) is 19.2. The monoisotopic (exact) mass is 359 g/mol. The number of methoxy groups -OCH3 is 1. The van der Waals surface area contributed by atoms with Gasteiger partial charge in [-0.2, -0.15) is 0 Å². The largest absolute Gasteiger partial charge is 0.469 e. The van der Waals surface area contributed by atoms with E-state index in [1.165, 1.54) is 18.2 Å². The summed E-state index contributed by atoms with van der Waals surface area (Å²) in [4.78, 5) is 12.6. The molecule has 2 aliphatic carbocycles. The minimum absolute atomic E-state index is 0.0417. The Labute approximate surface area is 157 Å². The summed E-state index contributed by atoms with van der Waals surface area (Å²) in [7, 11) is 1.52. The lowest BCUT2D eigenvalue weighted by atomic mass is 9.46. The molecule has 26 heavy (non-hydrogen) atoms. The molecule has 0 unspecified atom stereocenters. The SMILES string of the molecule is C=C1CC[C@@H]2[C@@](C)(CCC[C@@]2(C)C(=O)OC)[C@H]1CCc1ccoc1CN. The quantitative estimate of drug-likeness (QED) is 0.615. The van der Waals surface area contributed by atoms with Gasteiger partial charge in [-0.15, -0.1) is 0 Å². The number of aryl methyl sites for hydroxylation is 1. The predicted octanol–water partition coefficient (Wildman–Crippen LogP) is 4.62. The maximum absolute atomic E-state index is 12.6.